The molecule has 0 saturated heterocycles. The molecule has 1 aliphatic carbocycles. The van der Waals surface area contributed by atoms with Crippen LogP contribution in [0.15, 0.2) is 0 Å². The molecule has 1 nitrogen and oxygen atoms in total. The molecule has 0 aliphatic heterocycles. The van der Waals surface area contributed by atoms with E-state index in [0.29, 0.717) is 5.92 Å². The molecule has 0 spiro atoms. The molecule has 0 aromatic heterocycles. The molecule has 0 radical (unpaired) electrons. The molecule has 0 aromatic rings. The number of aliphatic hydroxyl groups is 1. The van der Waals surface area contributed by atoms with Crippen molar-refractivity contribution in [2.24, 2.45) is 23.7 Å². The van der Waals surface area contributed by atoms with Crippen LogP contribution in [0.25, 0.3) is 0 Å². The minimum absolute atomic E-state index is 0.0180. The first-order valence-electron chi connectivity index (χ1n) is 7.26. The molecule has 1 heteroatoms. The normalized spacial score (nSPS) is 31.3. The van der Waals surface area contributed by atoms with Gasteiger partial charge in [-0.05, 0) is 49.4 Å². The monoisotopic (exact) mass is 226 g/mol. The van der Waals surface area contributed by atoms with Crippen molar-refractivity contribution in [1.82, 2.24) is 0 Å². The Morgan fingerprint density at radius 1 is 1.12 bits per heavy atom. The predicted molar refractivity (Wildman–Crippen MR) is 70.4 cm³/mol. The van der Waals surface area contributed by atoms with E-state index in [9.17, 15) is 5.11 Å². The van der Waals surface area contributed by atoms with Crippen LogP contribution >= 0.6 is 0 Å². The van der Waals surface area contributed by atoms with Crippen LogP contribution in [-0.4, -0.2) is 11.2 Å². The molecule has 0 bridgehead atoms. The zero-order valence-electron chi connectivity index (χ0n) is 11.6. The van der Waals surface area contributed by atoms with Crippen LogP contribution in [0.1, 0.15) is 66.2 Å². The van der Waals surface area contributed by atoms with Crippen molar-refractivity contribution in [1.29, 1.82) is 0 Å². The van der Waals surface area contributed by atoms with Gasteiger partial charge in [-0.15, -0.1) is 0 Å². The van der Waals surface area contributed by atoms with Gasteiger partial charge in [0.15, 0.2) is 0 Å². The third kappa shape index (κ3) is 3.76. The number of hydrogen-bond acceptors (Lipinski definition) is 1. The van der Waals surface area contributed by atoms with Crippen LogP contribution in [0, 0.1) is 23.7 Å². The lowest BCUT2D eigenvalue weighted by Crippen LogP contribution is -2.32. The van der Waals surface area contributed by atoms with Crippen molar-refractivity contribution in [2.45, 2.75) is 72.3 Å². The van der Waals surface area contributed by atoms with E-state index < -0.39 is 0 Å². The second kappa shape index (κ2) is 6.64. The SMILES string of the molecule is CCC(CC)CC1CC(C(C)C)CCC1O. The number of rotatable bonds is 5. The predicted octanol–water partition coefficient (Wildman–Crippen LogP) is 4.25. The summed E-state index contributed by atoms with van der Waals surface area (Å²) in [5.74, 6) is 3.04. The summed E-state index contributed by atoms with van der Waals surface area (Å²) in [4.78, 5) is 0. The highest BCUT2D eigenvalue weighted by atomic mass is 16.3. The van der Waals surface area contributed by atoms with Gasteiger partial charge in [0.1, 0.15) is 0 Å². The van der Waals surface area contributed by atoms with E-state index in [4.69, 9.17) is 0 Å². The van der Waals surface area contributed by atoms with Gasteiger partial charge >= 0.3 is 0 Å². The highest BCUT2D eigenvalue weighted by molar-refractivity contribution is 4.82. The Balaban J connectivity index is 2.49. The van der Waals surface area contributed by atoms with E-state index in [1.165, 1.54) is 32.1 Å². The molecule has 1 saturated carbocycles. The van der Waals surface area contributed by atoms with E-state index in [2.05, 4.69) is 27.7 Å². The molecule has 0 amide bonds. The van der Waals surface area contributed by atoms with Gasteiger partial charge in [-0.3, -0.25) is 0 Å². The molecule has 3 unspecified atom stereocenters. The van der Waals surface area contributed by atoms with E-state index in [1.807, 2.05) is 0 Å². The van der Waals surface area contributed by atoms with Crippen LogP contribution in [0.2, 0.25) is 0 Å². The van der Waals surface area contributed by atoms with Crippen molar-refractivity contribution in [2.75, 3.05) is 0 Å². The highest BCUT2D eigenvalue weighted by Gasteiger charge is 2.31. The summed E-state index contributed by atoms with van der Waals surface area (Å²) in [6, 6.07) is 0. The first-order chi connectivity index (χ1) is 7.58. The van der Waals surface area contributed by atoms with Crippen molar-refractivity contribution in [3.05, 3.63) is 0 Å². The molecule has 1 N–H and O–H groups in total. The number of aliphatic hydroxyl groups excluding tert-OH is 1. The van der Waals surface area contributed by atoms with Gasteiger partial charge in [0.25, 0.3) is 0 Å². The standard InChI is InChI=1S/C15H30O/c1-5-12(6-2)9-14-10-13(11(3)4)7-8-15(14)16/h11-16H,5-10H2,1-4H3. The second-order valence-corrected chi connectivity index (χ2v) is 6.06. The smallest absolute Gasteiger partial charge is 0.0568 e. The topological polar surface area (TPSA) is 20.2 Å². The van der Waals surface area contributed by atoms with E-state index >= 15 is 0 Å². The van der Waals surface area contributed by atoms with Gasteiger partial charge in [0.2, 0.25) is 0 Å². The minimum Gasteiger partial charge on any atom is -0.393 e. The molecule has 1 rings (SSSR count). The molecule has 0 aromatic carbocycles. The lowest BCUT2D eigenvalue weighted by atomic mass is 9.71. The summed E-state index contributed by atoms with van der Waals surface area (Å²) in [7, 11) is 0. The molecule has 0 heterocycles. The maximum absolute atomic E-state index is 10.1. The molecule has 1 aliphatic rings. The van der Waals surface area contributed by atoms with Gasteiger partial charge in [0, 0.05) is 0 Å². The van der Waals surface area contributed by atoms with Crippen LogP contribution in [-0.2, 0) is 0 Å². The lowest BCUT2D eigenvalue weighted by Gasteiger charge is -2.36. The first-order valence-corrected chi connectivity index (χ1v) is 7.26. The Bertz CT molecular complexity index is 182. The van der Waals surface area contributed by atoms with Crippen molar-refractivity contribution in [3.63, 3.8) is 0 Å². The van der Waals surface area contributed by atoms with Crippen molar-refractivity contribution < 1.29 is 5.11 Å². The summed E-state index contributed by atoms with van der Waals surface area (Å²) in [6.07, 6.45) is 7.30. The zero-order valence-corrected chi connectivity index (χ0v) is 11.6. The largest absolute Gasteiger partial charge is 0.393 e. The fourth-order valence-corrected chi connectivity index (χ4v) is 3.19. The van der Waals surface area contributed by atoms with Crippen molar-refractivity contribution >= 4 is 0 Å². The van der Waals surface area contributed by atoms with Gasteiger partial charge in [-0.25, -0.2) is 0 Å². The fourth-order valence-electron chi connectivity index (χ4n) is 3.19. The maximum Gasteiger partial charge on any atom is 0.0568 e. The van der Waals surface area contributed by atoms with Crippen LogP contribution in [0.4, 0.5) is 0 Å². The summed E-state index contributed by atoms with van der Waals surface area (Å²) in [5, 5.41) is 10.1. The third-order valence-electron chi connectivity index (χ3n) is 4.72. The first kappa shape index (κ1) is 14.0. The lowest BCUT2D eigenvalue weighted by molar-refractivity contribution is 0.0249. The molecule has 96 valence electrons. The second-order valence-electron chi connectivity index (χ2n) is 6.06. The average Bonchev–Trinajstić information content (AvgIpc) is 2.27. The van der Waals surface area contributed by atoms with E-state index in [-0.39, 0.29) is 6.10 Å². The molecule has 3 atom stereocenters. The maximum atomic E-state index is 10.1. The highest BCUT2D eigenvalue weighted by Crippen LogP contribution is 2.37. The van der Waals surface area contributed by atoms with E-state index in [0.717, 1.165) is 24.2 Å². The Kier molecular flexibility index (Phi) is 5.82. The van der Waals surface area contributed by atoms with Crippen molar-refractivity contribution in [3.8, 4) is 0 Å². The molecule has 16 heavy (non-hydrogen) atoms. The summed E-state index contributed by atoms with van der Waals surface area (Å²) in [6.45, 7) is 9.22. The average molecular weight is 226 g/mol. The number of hydrogen-bond donors (Lipinski definition) is 1. The van der Waals surface area contributed by atoms with Gasteiger partial charge in [0.05, 0.1) is 6.10 Å². The quantitative estimate of drug-likeness (QED) is 0.743. The molecule has 1 fully saturated rings. The molecular weight excluding hydrogens is 196 g/mol. The molecular formula is C15H30O. The Labute approximate surface area is 102 Å². The summed E-state index contributed by atoms with van der Waals surface area (Å²) < 4.78 is 0. The van der Waals surface area contributed by atoms with Crippen LogP contribution < -0.4 is 0 Å². The Hall–Kier alpha value is -0.0400. The Morgan fingerprint density at radius 3 is 2.25 bits per heavy atom. The fraction of sp³-hybridized carbons (Fsp3) is 1.00. The van der Waals surface area contributed by atoms with Crippen LogP contribution in [0.3, 0.4) is 0 Å². The van der Waals surface area contributed by atoms with Crippen LogP contribution in [0.5, 0.6) is 0 Å². The van der Waals surface area contributed by atoms with Gasteiger partial charge in [-0.2, -0.15) is 0 Å². The summed E-state index contributed by atoms with van der Waals surface area (Å²) in [5.41, 5.74) is 0. The third-order valence-corrected chi connectivity index (χ3v) is 4.72. The van der Waals surface area contributed by atoms with E-state index in [1.54, 1.807) is 0 Å². The van der Waals surface area contributed by atoms with Gasteiger partial charge in [-0.1, -0.05) is 40.5 Å². The Morgan fingerprint density at radius 2 is 1.75 bits per heavy atom. The summed E-state index contributed by atoms with van der Waals surface area (Å²) >= 11 is 0. The zero-order chi connectivity index (χ0) is 12.1. The van der Waals surface area contributed by atoms with Gasteiger partial charge < -0.3 is 5.11 Å². The minimum atomic E-state index is -0.0180.